The fraction of sp³-hybridized carbons (Fsp3) is 0.190. The van der Waals surface area contributed by atoms with Crippen molar-refractivity contribution in [3.05, 3.63) is 71.0 Å². The van der Waals surface area contributed by atoms with E-state index in [0.717, 1.165) is 38.6 Å². The van der Waals surface area contributed by atoms with Crippen molar-refractivity contribution in [1.82, 2.24) is 19.7 Å². The predicted octanol–water partition coefficient (Wildman–Crippen LogP) is 5.31. The van der Waals surface area contributed by atoms with Gasteiger partial charge in [-0.3, -0.25) is 4.57 Å². The van der Waals surface area contributed by atoms with E-state index in [1.165, 1.54) is 11.1 Å². The van der Waals surface area contributed by atoms with E-state index in [-0.39, 0.29) is 0 Å². The van der Waals surface area contributed by atoms with Crippen molar-refractivity contribution in [2.45, 2.75) is 24.8 Å². The van der Waals surface area contributed by atoms with Gasteiger partial charge in [0.05, 0.1) is 24.1 Å². The Kier molecular flexibility index (Phi) is 5.45. The SMILES string of the molecule is COc1ccccc1-c1nc(CSc2nncn2-c2ccc(C)cc2C)cs1. The lowest BCUT2D eigenvalue weighted by Crippen LogP contribution is -1.98. The van der Waals surface area contributed by atoms with Gasteiger partial charge in [-0.15, -0.1) is 21.5 Å². The summed E-state index contributed by atoms with van der Waals surface area (Å²) in [6.07, 6.45) is 1.77. The average molecular weight is 409 g/mol. The van der Waals surface area contributed by atoms with Crippen molar-refractivity contribution >= 4 is 23.1 Å². The van der Waals surface area contributed by atoms with E-state index in [9.17, 15) is 0 Å². The second-order valence-electron chi connectivity index (χ2n) is 6.41. The molecule has 0 unspecified atom stereocenters. The third-order valence-electron chi connectivity index (χ3n) is 4.37. The molecule has 0 aliphatic heterocycles. The van der Waals surface area contributed by atoms with Gasteiger partial charge in [-0.2, -0.15) is 0 Å². The molecule has 5 nitrogen and oxygen atoms in total. The maximum atomic E-state index is 5.45. The first-order valence-corrected chi connectivity index (χ1v) is 10.7. The molecule has 7 heteroatoms. The quantitative estimate of drug-likeness (QED) is 0.405. The molecule has 4 rings (SSSR count). The van der Waals surface area contributed by atoms with Gasteiger partial charge in [0.15, 0.2) is 5.16 Å². The number of para-hydroxylation sites is 1. The van der Waals surface area contributed by atoms with Crippen molar-refractivity contribution in [3.63, 3.8) is 0 Å². The molecule has 0 saturated carbocycles. The topological polar surface area (TPSA) is 52.8 Å². The van der Waals surface area contributed by atoms with Crippen molar-refractivity contribution in [3.8, 4) is 22.0 Å². The van der Waals surface area contributed by atoms with Gasteiger partial charge in [-0.1, -0.05) is 41.6 Å². The van der Waals surface area contributed by atoms with Gasteiger partial charge in [-0.05, 0) is 37.6 Å². The van der Waals surface area contributed by atoms with Crippen LogP contribution in [0.15, 0.2) is 59.3 Å². The molecule has 0 aliphatic carbocycles. The molecule has 4 aromatic rings. The van der Waals surface area contributed by atoms with E-state index in [1.807, 2.05) is 28.8 Å². The van der Waals surface area contributed by atoms with Crippen LogP contribution in [0, 0.1) is 13.8 Å². The molecule has 0 amide bonds. The number of thiazole rings is 1. The van der Waals surface area contributed by atoms with E-state index < -0.39 is 0 Å². The molecule has 0 aliphatic rings. The molecule has 2 aromatic heterocycles. The summed E-state index contributed by atoms with van der Waals surface area (Å²) in [5, 5.41) is 12.3. The summed E-state index contributed by atoms with van der Waals surface area (Å²) in [5.41, 5.74) is 5.59. The number of thioether (sulfide) groups is 1. The van der Waals surface area contributed by atoms with Gasteiger partial charge >= 0.3 is 0 Å². The highest BCUT2D eigenvalue weighted by Gasteiger charge is 2.13. The summed E-state index contributed by atoms with van der Waals surface area (Å²) in [6, 6.07) is 14.3. The minimum absolute atomic E-state index is 0.731. The number of methoxy groups -OCH3 is 1. The van der Waals surface area contributed by atoms with Crippen LogP contribution in [-0.2, 0) is 5.75 Å². The predicted molar refractivity (Wildman–Crippen MR) is 114 cm³/mol. The van der Waals surface area contributed by atoms with Gasteiger partial charge in [0.25, 0.3) is 0 Å². The first-order valence-electron chi connectivity index (χ1n) is 8.84. The molecular formula is C21H20N4OS2. The number of nitrogens with zero attached hydrogens (tertiary/aromatic N) is 4. The van der Waals surface area contributed by atoms with E-state index in [2.05, 4.69) is 47.6 Å². The highest BCUT2D eigenvalue weighted by atomic mass is 32.2. The molecule has 0 N–H and O–H groups in total. The smallest absolute Gasteiger partial charge is 0.196 e. The van der Waals surface area contributed by atoms with Crippen LogP contribution in [0.3, 0.4) is 0 Å². The number of benzene rings is 2. The molecular weight excluding hydrogens is 388 g/mol. The molecule has 0 saturated heterocycles. The summed E-state index contributed by atoms with van der Waals surface area (Å²) in [5.74, 6) is 1.57. The van der Waals surface area contributed by atoms with Crippen LogP contribution in [0.4, 0.5) is 0 Å². The standard InChI is InChI=1S/C21H20N4OS2/c1-14-8-9-18(15(2)10-14)25-13-22-24-21(25)28-12-16-11-27-20(23-16)17-6-4-5-7-19(17)26-3/h4-11,13H,12H2,1-3H3. The lowest BCUT2D eigenvalue weighted by molar-refractivity contribution is 0.416. The Balaban J connectivity index is 1.52. The fourth-order valence-electron chi connectivity index (χ4n) is 3.02. The summed E-state index contributed by atoms with van der Waals surface area (Å²) >= 11 is 3.26. The molecule has 2 heterocycles. The molecule has 142 valence electrons. The largest absolute Gasteiger partial charge is 0.496 e. The maximum absolute atomic E-state index is 5.45. The number of rotatable bonds is 6. The first kappa shape index (κ1) is 18.7. The number of ether oxygens (including phenoxy) is 1. The Morgan fingerprint density at radius 2 is 2.00 bits per heavy atom. The molecule has 0 bridgehead atoms. The van der Waals surface area contributed by atoms with E-state index in [0.29, 0.717) is 0 Å². The van der Waals surface area contributed by atoms with E-state index >= 15 is 0 Å². The summed E-state index contributed by atoms with van der Waals surface area (Å²) in [6.45, 7) is 4.21. The van der Waals surface area contributed by atoms with Crippen molar-refractivity contribution < 1.29 is 4.74 Å². The lowest BCUT2D eigenvalue weighted by Gasteiger charge is -2.09. The van der Waals surface area contributed by atoms with Gasteiger partial charge in [0.1, 0.15) is 17.1 Å². The number of hydrogen-bond donors (Lipinski definition) is 0. The van der Waals surface area contributed by atoms with Crippen LogP contribution >= 0.6 is 23.1 Å². The van der Waals surface area contributed by atoms with Gasteiger partial charge < -0.3 is 4.74 Å². The van der Waals surface area contributed by atoms with Gasteiger partial charge in [-0.25, -0.2) is 4.98 Å². The summed E-state index contributed by atoms with van der Waals surface area (Å²) < 4.78 is 7.49. The number of aromatic nitrogens is 4. The second kappa shape index (κ2) is 8.16. The van der Waals surface area contributed by atoms with Crippen LogP contribution < -0.4 is 4.74 Å². The minimum atomic E-state index is 0.731. The van der Waals surface area contributed by atoms with Gasteiger partial charge in [0.2, 0.25) is 0 Å². The molecule has 28 heavy (non-hydrogen) atoms. The second-order valence-corrected chi connectivity index (χ2v) is 8.21. The third-order valence-corrected chi connectivity index (χ3v) is 6.27. The Hall–Kier alpha value is -2.64. The maximum Gasteiger partial charge on any atom is 0.196 e. The Bertz CT molecular complexity index is 1100. The zero-order chi connectivity index (χ0) is 19.5. The minimum Gasteiger partial charge on any atom is -0.496 e. The monoisotopic (exact) mass is 408 g/mol. The Labute approximate surface area is 172 Å². The van der Waals surface area contributed by atoms with Gasteiger partial charge in [0, 0.05) is 11.1 Å². The van der Waals surface area contributed by atoms with Crippen LogP contribution in [-0.4, -0.2) is 26.9 Å². The molecule has 0 radical (unpaired) electrons. The highest BCUT2D eigenvalue weighted by molar-refractivity contribution is 7.98. The Morgan fingerprint density at radius 3 is 2.82 bits per heavy atom. The Morgan fingerprint density at radius 1 is 1.14 bits per heavy atom. The highest BCUT2D eigenvalue weighted by Crippen LogP contribution is 2.33. The van der Waals surface area contributed by atoms with Crippen LogP contribution in [0.2, 0.25) is 0 Å². The van der Waals surface area contributed by atoms with Crippen molar-refractivity contribution in [2.24, 2.45) is 0 Å². The van der Waals surface area contributed by atoms with Crippen molar-refractivity contribution in [2.75, 3.05) is 7.11 Å². The zero-order valence-electron chi connectivity index (χ0n) is 15.9. The van der Waals surface area contributed by atoms with E-state index in [4.69, 9.17) is 9.72 Å². The van der Waals surface area contributed by atoms with Crippen LogP contribution in [0.5, 0.6) is 5.75 Å². The molecule has 0 spiro atoms. The molecule has 0 atom stereocenters. The molecule has 0 fully saturated rings. The van der Waals surface area contributed by atoms with E-state index in [1.54, 1.807) is 36.5 Å². The average Bonchev–Trinajstić information content (AvgIpc) is 3.36. The summed E-state index contributed by atoms with van der Waals surface area (Å²) in [7, 11) is 1.68. The number of hydrogen-bond acceptors (Lipinski definition) is 6. The molecule has 2 aromatic carbocycles. The zero-order valence-corrected chi connectivity index (χ0v) is 17.5. The number of aryl methyl sites for hydroxylation is 2. The fourth-order valence-corrected chi connectivity index (χ4v) is 4.79. The van der Waals surface area contributed by atoms with Crippen molar-refractivity contribution in [1.29, 1.82) is 0 Å². The lowest BCUT2D eigenvalue weighted by atomic mass is 10.1. The third kappa shape index (κ3) is 3.81. The first-order chi connectivity index (χ1) is 13.7. The normalized spacial score (nSPS) is 11.0. The van der Waals surface area contributed by atoms with Crippen LogP contribution in [0.1, 0.15) is 16.8 Å². The summed E-state index contributed by atoms with van der Waals surface area (Å²) in [4.78, 5) is 4.78. The van der Waals surface area contributed by atoms with Crippen LogP contribution in [0.25, 0.3) is 16.3 Å².